The zero-order chi connectivity index (χ0) is 21.7. The lowest BCUT2D eigenvalue weighted by Crippen LogP contribution is -2.44. The second-order valence-corrected chi connectivity index (χ2v) is 6.99. The van der Waals surface area contributed by atoms with Gasteiger partial charge >= 0.3 is 6.03 Å². The summed E-state index contributed by atoms with van der Waals surface area (Å²) in [6, 6.07) is 13.4. The molecule has 1 fully saturated rings. The highest BCUT2D eigenvalue weighted by atomic mass is 16.5. The van der Waals surface area contributed by atoms with Gasteiger partial charge in [-0.15, -0.1) is 0 Å². The van der Waals surface area contributed by atoms with Crippen molar-refractivity contribution in [3.63, 3.8) is 0 Å². The monoisotopic (exact) mass is 411 g/mol. The quantitative estimate of drug-likeness (QED) is 0.651. The van der Waals surface area contributed by atoms with Crippen LogP contribution in [0, 0.1) is 0 Å². The minimum absolute atomic E-state index is 0.400. The summed E-state index contributed by atoms with van der Waals surface area (Å²) in [5, 5.41) is 5.49. The van der Waals surface area contributed by atoms with Crippen LogP contribution in [0.3, 0.4) is 0 Å². The van der Waals surface area contributed by atoms with Gasteiger partial charge in [-0.2, -0.15) is 0 Å². The van der Waals surface area contributed by atoms with E-state index in [0.717, 1.165) is 4.90 Å². The fraction of sp³-hybridized carbons (Fsp3) is 0.318. The fourth-order valence-corrected chi connectivity index (χ4v) is 3.60. The second-order valence-electron chi connectivity index (χ2n) is 6.99. The van der Waals surface area contributed by atoms with Gasteiger partial charge in [0.05, 0.1) is 14.2 Å². The Hall–Kier alpha value is -3.55. The second kappa shape index (κ2) is 8.86. The summed E-state index contributed by atoms with van der Waals surface area (Å²) in [5.41, 5.74) is -0.0243. The van der Waals surface area contributed by atoms with Gasteiger partial charge in [-0.25, -0.2) is 4.79 Å². The Balaban J connectivity index is 1.79. The van der Waals surface area contributed by atoms with Gasteiger partial charge < -0.3 is 20.1 Å². The average Bonchev–Trinajstić information content (AvgIpc) is 2.99. The van der Waals surface area contributed by atoms with Crippen LogP contribution in [0.15, 0.2) is 48.5 Å². The van der Waals surface area contributed by atoms with E-state index in [0.29, 0.717) is 35.6 Å². The highest BCUT2D eigenvalue weighted by molar-refractivity contribution is 6.10. The molecule has 30 heavy (non-hydrogen) atoms. The summed E-state index contributed by atoms with van der Waals surface area (Å²) < 4.78 is 10.4. The maximum absolute atomic E-state index is 13.2. The lowest BCUT2D eigenvalue weighted by Gasteiger charge is -2.26. The minimum Gasteiger partial charge on any atom is -0.497 e. The number of carbonyl (C=O) groups excluding carboxylic acids is 3. The molecule has 0 spiro atoms. The summed E-state index contributed by atoms with van der Waals surface area (Å²) in [6.07, 6.45) is 1.12. The highest BCUT2D eigenvalue weighted by Gasteiger charge is 2.52. The molecule has 0 saturated carbocycles. The third-order valence-corrected chi connectivity index (χ3v) is 5.00. The van der Waals surface area contributed by atoms with E-state index in [1.807, 2.05) is 25.1 Å². The molecule has 2 N–H and O–H groups in total. The number of ether oxygens (including phenoxy) is 2. The first-order valence-electron chi connectivity index (χ1n) is 9.66. The van der Waals surface area contributed by atoms with E-state index in [9.17, 15) is 14.4 Å². The van der Waals surface area contributed by atoms with Gasteiger partial charge in [0.25, 0.3) is 5.91 Å². The smallest absolute Gasteiger partial charge is 0.325 e. The Kier molecular flexibility index (Phi) is 6.25. The summed E-state index contributed by atoms with van der Waals surface area (Å²) in [4.78, 5) is 39.4. The number of benzene rings is 2. The van der Waals surface area contributed by atoms with Crippen LogP contribution >= 0.6 is 0 Å². The molecule has 0 aliphatic carbocycles. The molecule has 8 nitrogen and oxygen atoms in total. The first kappa shape index (κ1) is 21.2. The van der Waals surface area contributed by atoms with Gasteiger partial charge in [0.1, 0.15) is 23.6 Å². The highest BCUT2D eigenvalue weighted by Crippen LogP contribution is 2.33. The van der Waals surface area contributed by atoms with Crippen molar-refractivity contribution >= 4 is 23.5 Å². The molecule has 1 aliphatic rings. The van der Waals surface area contributed by atoms with Crippen molar-refractivity contribution in [1.82, 2.24) is 10.2 Å². The topological polar surface area (TPSA) is 97.0 Å². The first-order chi connectivity index (χ1) is 14.4. The molecular formula is C22H25N3O5. The van der Waals surface area contributed by atoms with Crippen LogP contribution < -0.4 is 20.1 Å². The molecule has 0 aromatic heterocycles. The first-order valence-corrected chi connectivity index (χ1v) is 9.66. The molecule has 3 rings (SSSR count). The van der Waals surface area contributed by atoms with Crippen molar-refractivity contribution in [3.8, 4) is 11.5 Å². The largest absolute Gasteiger partial charge is 0.497 e. The molecule has 0 bridgehead atoms. The van der Waals surface area contributed by atoms with Crippen LogP contribution in [0.25, 0.3) is 0 Å². The van der Waals surface area contributed by atoms with Gasteiger partial charge in [-0.1, -0.05) is 43.7 Å². The van der Waals surface area contributed by atoms with Crippen LogP contribution in [0.1, 0.15) is 25.3 Å². The molecule has 1 heterocycles. The van der Waals surface area contributed by atoms with Crippen molar-refractivity contribution < 1.29 is 23.9 Å². The van der Waals surface area contributed by atoms with Gasteiger partial charge in [-0.3, -0.25) is 14.5 Å². The number of urea groups is 1. The Morgan fingerprint density at radius 3 is 2.27 bits per heavy atom. The normalized spacial score (nSPS) is 18.2. The zero-order valence-electron chi connectivity index (χ0n) is 17.2. The Morgan fingerprint density at radius 2 is 1.70 bits per heavy atom. The maximum atomic E-state index is 13.2. The van der Waals surface area contributed by atoms with Gasteiger partial charge in [0.15, 0.2) is 0 Å². The van der Waals surface area contributed by atoms with E-state index in [-0.39, 0.29) is 0 Å². The van der Waals surface area contributed by atoms with E-state index in [1.165, 1.54) is 14.2 Å². The number of carbonyl (C=O) groups is 3. The van der Waals surface area contributed by atoms with Gasteiger partial charge in [-0.05, 0) is 12.0 Å². The van der Waals surface area contributed by atoms with E-state index in [4.69, 9.17) is 9.47 Å². The fourth-order valence-electron chi connectivity index (χ4n) is 3.60. The number of hydrogen-bond acceptors (Lipinski definition) is 5. The summed E-state index contributed by atoms with van der Waals surface area (Å²) in [7, 11) is 3.01. The number of nitrogens with one attached hydrogen (secondary N) is 2. The number of rotatable bonds is 8. The third-order valence-electron chi connectivity index (χ3n) is 5.00. The summed E-state index contributed by atoms with van der Waals surface area (Å²) in [5.74, 6) is 0.0736. The van der Waals surface area contributed by atoms with Crippen LogP contribution in [0.2, 0.25) is 0 Å². The number of amides is 4. The standard InChI is InChI=1S/C22H25N3O5/c1-4-10-22(15-8-6-5-7-9-15)20(27)25(21(28)24-22)14-19(26)23-16-11-17(29-2)13-18(12-16)30-3/h5-9,11-13H,4,10,14H2,1-3H3,(H,23,26)(H,24,28)/t22-/m1/s1. The molecule has 1 saturated heterocycles. The van der Waals surface area contributed by atoms with Crippen LogP contribution in [-0.4, -0.2) is 43.5 Å². The summed E-state index contributed by atoms with van der Waals surface area (Å²) in [6.45, 7) is 1.54. The molecule has 0 unspecified atom stereocenters. The van der Waals surface area contributed by atoms with Gasteiger partial charge in [0.2, 0.25) is 5.91 Å². The van der Waals surface area contributed by atoms with Crippen molar-refractivity contribution in [1.29, 1.82) is 0 Å². The van der Waals surface area contributed by atoms with E-state index in [1.54, 1.807) is 30.3 Å². The van der Waals surface area contributed by atoms with Gasteiger partial charge in [0, 0.05) is 23.9 Å². The molecule has 8 heteroatoms. The SMILES string of the molecule is CCC[C@]1(c2ccccc2)NC(=O)N(CC(=O)Nc2cc(OC)cc(OC)c2)C1=O. The summed E-state index contributed by atoms with van der Waals surface area (Å²) >= 11 is 0. The Morgan fingerprint density at radius 1 is 1.07 bits per heavy atom. The van der Waals surface area contributed by atoms with Crippen LogP contribution in [0.5, 0.6) is 11.5 Å². The Bertz CT molecular complexity index is 925. The van der Waals surface area contributed by atoms with E-state index in [2.05, 4.69) is 10.6 Å². The molecule has 0 radical (unpaired) electrons. The lowest BCUT2D eigenvalue weighted by atomic mass is 9.85. The van der Waals surface area contributed by atoms with E-state index < -0.39 is 29.9 Å². The van der Waals surface area contributed by atoms with Crippen molar-refractivity contribution in [3.05, 3.63) is 54.1 Å². The molecule has 4 amide bonds. The number of anilines is 1. The molecule has 2 aromatic carbocycles. The average molecular weight is 411 g/mol. The molecule has 1 atom stereocenters. The molecule has 158 valence electrons. The molecule has 2 aromatic rings. The van der Waals surface area contributed by atoms with Crippen molar-refractivity contribution in [2.24, 2.45) is 0 Å². The maximum Gasteiger partial charge on any atom is 0.325 e. The Labute approximate surface area is 175 Å². The number of methoxy groups -OCH3 is 2. The van der Waals surface area contributed by atoms with Crippen molar-refractivity contribution in [2.75, 3.05) is 26.1 Å². The molecular weight excluding hydrogens is 386 g/mol. The molecule has 1 aliphatic heterocycles. The predicted molar refractivity (Wildman–Crippen MR) is 111 cm³/mol. The number of imide groups is 1. The van der Waals surface area contributed by atoms with Crippen LogP contribution in [0.4, 0.5) is 10.5 Å². The zero-order valence-corrected chi connectivity index (χ0v) is 17.2. The van der Waals surface area contributed by atoms with Crippen molar-refractivity contribution in [2.45, 2.75) is 25.3 Å². The number of nitrogens with zero attached hydrogens (tertiary/aromatic N) is 1. The lowest BCUT2D eigenvalue weighted by molar-refractivity contribution is -0.134. The minimum atomic E-state index is -1.16. The number of hydrogen-bond donors (Lipinski definition) is 2. The van der Waals surface area contributed by atoms with Crippen LogP contribution in [-0.2, 0) is 15.1 Å². The van der Waals surface area contributed by atoms with E-state index >= 15 is 0 Å². The predicted octanol–water partition coefficient (Wildman–Crippen LogP) is 2.89. The third kappa shape index (κ3) is 4.07.